The molecule has 0 aliphatic carbocycles. The average molecular weight is 521 g/mol. The summed E-state index contributed by atoms with van der Waals surface area (Å²) in [5.41, 5.74) is 3.73. The Kier molecular flexibility index (Phi) is 6.40. The zero-order valence-electron chi connectivity index (χ0n) is 19.7. The van der Waals surface area contributed by atoms with E-state index >= 15 is 0 Å². The van der Waals surface area contributed by atoms with E-state index in [9.17, 15) is 17.2 Å². The van der Waals surface area contributed by atoms with E-state index in [-0.39, 0.29) is 5.69 Å². The second kappa shape index (κ2) is 9.68. The molecule has 8 nitrogen and oxygen atoms in total. The standard InChI is InChI=1S/C26H22F2N6O2S/c1-3-21-19(23-14-31-23)5-7-25(32-21)33-26-11-16(8-9-29-26)17-10-22(15(2)30-13-17)34-37(35,36)24-6-4-18(27)12-20(24)28/h3-13,23,31,34H,1,14H2,2H3,(H,29,32,33). The van der Waals surface area contributed by atoms with E-state index in [1.807, 2.05) is 12.1 Å². The summed E-state index contributed by atoms with van der Waals surface area (Å²) in [5.74, 6) is -0.937. The summed E-state index contributed by atoms with van der Waals surface area (Å²) in [4.78, 5) is 12.6. The Morgan fingerprint density at radius 1 is 1.05 bits per heavy atom. The van der Waals surface area contributed by atoms with Crippen molar-refractivity contribution in [3.8, 4) is 11.1 Å². The fourth-order valence-electron chi connectivity index (χ4n) is 3.79. The molecule has 1 aromatic carbocycles. The monoisotopic (exact) mass is 520 g/mol. The van der Waals surface area contributed by atoms with Crippen LogP contribution in [0, 0.1) is 18.6 Å². The summed E-state index contributed by atoms with van der Waals surface area (Å²) in [6, 6.07) is 11.6. The molecule has 0 spiro atoms. The van der Waals surface area contributed by atoms with E-state index < -0.39 is 26.6 Å². The average Bonchev–Trinajstić information content (AvgIpc) is 3.70. The van der Waals surface area contributed by atoms with Gasteiger partial charge in [0, 0.05) is 36.6 Å². The Hall–Kier alpha value is -4.22. The van der Waals surface area contributed by atoms with E-state index in [0.717, 1.165) is 29.9 Å². The number of hydrogen-bond donors (Lipinski definition) is 3. The van der Waals surface area contributed by atoms with Crippen molar-refractivity contribution < 1.29 is 17.2 Å². The zero-order valence-corrected chi connectivity index (χ0v) is 20.5. The molecule has 4 heterocycles. The topological polar surface area (TPSA) is 119 Å². The van der Waals surface area contributed by atoms with Crippen LogP contribution in [0.2, 0.25) is 0 Å². The third kappa shape index (κ3) is 5.32. The summed E-state index contributed by atoms with van der Waals surface area (Å²) < 4.78 is 55.3. The highest BCUT2D eigenvalue weighted by Gasteiger charge is 2.25. The summed E-state index contributed by atoms with van der Waals surface area (Å²) in [6.07, 6.45) is 4.91. The molecule has 188 valence electrons. The molecule has 37 heavy (non-hydrogen) atoms. The SMILES string of the molecule is C=Cc1nc(Nc2cc(-c3cnc(C)c(NS(=O)(=O)c4ccc(F)cc4F)c3)ccn2)ccc1C1CN1. The van der Waals surface area contributed by atoms with Gasteiger partial charge in [-0.2, -0.15) is 0 Å². The quantitative estimate of drug-likeness (QED) is 0.281. The van der Waals surface area contributed by atoms with E-state index in [1.54, 1.807) is 43.6 Å². The molecular weight excluding hydrogens is 498 g/mol. The van der Waals surface area contributed by atoms with Gasteiger partial charge in [0.2, 0.25) is 0 Å². The van der Waals surface area contributed by atoms with Crippen molar-refractivity contribution >= 4 is 33.4 Å². The fraction of sp³-hybridized carbons (Fsp3) is 0.115. The third-order valence-electron chi connectivity index (χ3n) is 5.80. The number of rotatable bonds is 8. The number of sulfonamides is 1. The van der Waals surface area contributed by atoms with Gasteiger partial charge >= 0.3 is 0 Å². The second-order valence-electron chi connectivity index (χ2n) is 8.43. The van der Waals surface area contributed by atoms with E-state index in [2.05, 4.69) is 36.9 Å². The van der Waals surface area contributed by atoms with Crippen LogP contribution < -0.4 is 15.4 Å². The van der Waals surface area contributed by atoms with Crippen LogP contribution in [-0.2, 0) is 10.0 Å². The van der Waals surface area contributed by atoms with Gasteiger partial charge < -0.3 is 10.6 Å². The largest absolute Gasteiger partial charge is 0.325 e. The van der Waals surface area contributed by atoms with Gasteiger partial charge in [0.15, 0.2) is 0 Å². The molecule has 1 unspecified atom stereocenters. The van der Waals surface area contributed by atoms with Crippen LogP contribution in [0.5, 0.6) is 0 Å². The molecule has 5 rings (SSSR count). The summed E-state index contributed by atoms with van der Waals surface area (Å²) in [6.45, 7) is 6.38. The second-order valence-corrected chi connectivity index (χ2v) is 10.1. The first-order valence-corrected chi connectivity index (χ1v) is 12.8. The molecule has 1 fully saturated rings. The lowest BCUT2D eigenvalue weighted by Crippen LogP contribution is -2.16. The van der Waals surface area contributed by atoms with Crippen LogP contribution in [0.1, 0.15) is 23.0 Å². The number of aryl methyl sites for hydroxylation is 1. The van der Waals surface area contributed by atoms with Crippen LogP contribution >= 0.6 is 0 Å². The minimum Gasteiger partial charge on any atom is -0.325 e. The van der Waals surface area contributed by atoms with Crippen molar-refractivity contribution in [1.29, 1.82) is 0 Å². The predicted octanol–water partition coefficient (Wildman–Crippen LogP) is 4.96. The van der Waals surface area contributed by atoms with Gasteiger partial charge in [-0.05, 0) is 60.5 Å². The van der Waals surface area contributed by atoms with Gasteiger partial charge in [-0.25, -0.2) is 27.2 Å². The summed E-state index contributed by atoms with van der Waals surface area (Å²) in [5, 5.41) is 6.43. The molecule has 0 radical (unpaired) electrons. The molecule has 0 saturated carbocycles. The molecule has 3 aromatic heterocycles. The highest BCUT2D eigenvalue weighted by molar-refractivity contribution is 7.92. The molecule has 1 saturated heterocycles. The Balaban J connectivity index is 1.40. The molecule has 1 aliphatic heterocycles. The first-order valence-electron chi connectivity index (χ1n) is 11.3. The number of halogens is 2. The lowest BCUT2D eigenvalue weighted by molar-refractivity contribution is 0.551. The van der Waals surface area contributed by atoms with E-state index in [1.165, 1.54) is 0 Å². The first-order chi connectivity index (χ1) is 17.7. The van der Waals surface area contributed by atoms with Crippen molar-refractivity contribution in [2.75, 3.05) is 16.6 Å². The molecular formula is C26H22F2N6O2S. The van der Waals surface area contributed by atoms with Crippen molar-refractivity contribution in [3.05, 3.63) is 96.1 Å². The number of anilines is 3. The minimum absolute atomic E-state index is 0.161. The number of nitrogens with one attached hydrogen (secondary N) is 3. The fourth-order valence-corrected chi connectivity index (χ4v) is 4.96. The van der Waals surface area contributed by atoms with Gasteiger partial charge in [0.05, 0.1) is 17.1 Å². The van der Waals surface area contributed by atoms with Gasteiger partial charge in [-0.3, -0.25) is 9.71 Å². The number of pyridine rings is 3. The number of aromatic nitrogens is 3. The molecule has 11 heteroatoms. The molecule has 0 bridgehead atoms. The number of benzene rings is 1. The third-order valence-corrected chi connectivity index (χ3v) is 7.20. The Morgan fingerprint density at radius 2 is 1.86 bits per heavy atom. The highest BCUT2D eigenvalue weighted by atomic mass is 32.2. The van der Waals surface area contributed by atoms with E-state index in [4.69, 9.17) is 0 Å². The van der Waals surface area contributed by atoms with Gasteiger partial charge in [0.1, 0.15) is 28.2 Å². The van der Waals surface area contributed by atoms with Crippen molar-refractivity contribution in [2.24, 2.45) is 0 Å². The molecule has 4 aromatic rings. The summed E-state index contributed by atoms with van der Waals surface area (Å²) in [7, 11) is -4.32. The lowest BCUT2D eigenvalue weighted by Gasteiger charge is -2.13. The van der Waals surface area contributed by atoms with Crippen LogP contribution in [0.3, 0.4) is 0 Å². The summed E-state index contributed by atoms with van der Waals surface area (Å²) >= 11 is 0. The lowest BCUT2D eigenvalue weighted by atomic mass is 10.1. The molecule has 1 atom stereocenters. The number of hydrogen-bond acceptors (Lipinski definition) is 7. The first kappa shape index (κ1) is 24.5. The maximum absolute atomic E-state index is 14.1. The maximum Gasteiger partial charge on any atom is 0.264 e. The highest BCUT2D eigenvalue weighted by Crippen LogP contribution is 2.29. The van der Waals surface area contributed by atoms with Gasteiger partial charge in [-0.15, -0.1) is 0 Å². The Bertz CT molecular complexity index is 1620. The Labute approximate surface area is 212 Å². The van der Waals surface area contributed by atoms with Crippen molar-refractivity contribution in [3.63, 3.8) is 0 Å². The predicted molar refractivity (Wildman–Crippen MR) is 138 cm³/mol. The molecule has 0 amide bonds. The van der Waals surface area contributed by atoms with Crippen LogP contribution in [0.15, 0.2) is 72.4 Å². The van der Waals surface area contributed by atoms with Crippen molar-refractivity contribution in [1.82, 2.24) is 20.3 Å². The van der Waals surface area contributed by atoms with Crippen LogP contribution in [-0.4, -0.2) is 29.9 Å². The van der Waals surface area contributed by atoms with E-state index in [0.29, 0.717) is 40.6 Å². The van der Waals surface area contributed by atoms with Crippen LogP contribution in [0.4, 0.5) is 26.1 Å². The van der Waals surface area contributed by atoms with Gasteiger partial charge in [0.25, 0.3) is 10.0 Å². The maximum atomic E-state index is 14.1. The Morgan fingerprint density at radius 3 is 2.59 bits per heavy atom. The molecule has 3 N–H and O–H groups in total. The van der Waals surface area contributed by atoms with Crippen molar-refractivity contribution in [2.45, 2.75) is 17.9 Å². The number of nitrogens with zero attached hydrogens (tertiary/aromatic N) is 3. The normalized spacial score (nSPS) is 14.7. The minimum atomic E-state index is -4.32. The van der Waals surface area contributed by atoms with Crippen LogP contribution in [0.25, 0.3) is 17.2 Å². The molecule has 1 aliphatic rings. The van der Waals surface area contributed by atoms with Gasteiger partial charge in [-0.1, -0.05) is 12.6 Å². The zero-order chi connectivity index (χ0) is 26.2. The smallest absolute Gasteiger partial charge is 0.264 e.